The van der Waals surface area contributed by atoms with E-state index >= 15 is 0 Å². The van der Waals surface area contributed by atoms with Gasteiger partial charge in [0.1, 0.15) is 12.4 Å². The smallest absolute Gasteiger partial charge is 0.340 e. The molecule has 0 saturated heterocycles. The maximum absolute atomic E-state index is 13.1. The summed E-state index contributed by atoms with van der Waals surface area (Å²) in [5.74, 6) is -1.32. The highest BCUT2D eigenvalue weighted by atomic mass is 35.5. The first-order valence-corrected chi connectivity index (χ1v) is 7.78. The number of ether oxygens (including phenoxy) is 1. The number of amides is 1. The van der Waals surface area contributed by atoms with Crippen molar-refractivity contribution in [1.82, 2.24) is 4.57 Å². The molecule has 3 aromatic rings. The molecule has 2 aromatic carbocycles. The van der Waals surface area contributed by atoms with Gasteiger partial charge in [-0.15, -0.1) is 0 Å². The Kier molecular flexibility index (Phi) is 4.72. The lowest BCUT2D eigenvalue weighted by molar-refractivity contribution is -0.116. The van der Waals surface area contributed by atoms with Crippen molar-refractivity contribution in [2.75, 3.05) is 12.4 Å². The van der Waals surface area contributed by atoms with Gasteiger partial charge in [0.15, 0.2) is 0 Å². The number of fused-ring (bicyclic) bond motifs is 1. The van der Waals surface area contributed by atoms with Crippen molar-refractivity contribution in [3.05, 3.63) is 65.1 Å². The first kappa shape index (κ1) is 17.0. The average molecular weight is 361 g/mol. The van der Waals surface area contributed by atoms with Crippen LogP contribution in [0.25, 0.3) is 10.9 Å². The number of anilines is 1. The van der Waals surface area contributed by atoms with Crippen LogP contribution < -0.4 is 5.32 Å². The van der Waals surface area contributed by atoms with Crippen LogP contribution in [0, 0.1) is 5.82 Å². The molecule has 5 nitrogen and oxygen atoms in total. The Morgan fingerprint density at radius 2 is 2.00 bits per heavy atom. The first-order chi connectivity index (χ1) is 12.0. The number of nitrogens with zero attached hydrogens (tertiary/aromatic N) is 1. The minimum atomic E-state index is -0.484. The number of nitrogens with one attached hydrogen (secondary N) is 1. The quantitative estimate of drug-likeness (QED) is 0.719. The summed E-state index contributed by atoms with van der Waals surface area (Å²) in [7, 11) is 1.30. The van der Waals surface area contributed by atoms with Crippen molar-refractivity contribution < 1.29 is 18.7 Å². The minimum Gasteiger partial charge on any atom is -0.465 e. The minimum absolute atomic E-state index is 0.0365. The summed E-state index contributed by atoms with van der Waals surface area (Å²) < 4.78 is 19.5. The molecule has 0 saturated carbocycles. The lowest BCUT2D eigenvalue weighted by Crippen LogP contribution is -2.18. The summed E-state index contributed by atoms with van der Waals surface area (Å²) in [6, 6.07) is 10.9. The van der Waals surface area contributed by atoms with Crippen LogP contribution in [0.15, 0.2) is 48.7 Å². The summed E-state index contributed by atoms with van der Waals surface area (Å²) in [5, 5.41) is 3.44. The van der Waals surface area contributed by atoms with Crippen molar-refractivity contribution in [2.24, 2.45) is 0 Å². The second-order valence-electron chi connectivity index (χ2n) is 5.35. The van der Waals surface area contributed by atoms with Gasteiger partial charge in [-0.3, -0.25) is 4.79 Å². The zero-order chi connectivity index (χ0) is 18.0. The Balaban J connectivity index is 1.87. The summed E-state index contributed by atoms with van der Waals surface area (Å²) in [4.78, 5) is 24.2. The maximum atomic E-state index is 13.1. The van der Waals surface area contributed by atoms with E-state index in [1.165, 1.54) is 19.2 Å². The van der Waals surface area contributed by atoms with Crippen LogP contribution in [0.5, 0.6) is 0 Å². The molecule has 0 unspecified atom stereocenters. The van der Waals surface area contributed by atoms with E-state index in [1.54, 1.807) is 29.0 Å². The number of halogens is 2. The molecule has 7 heteroatoms. The molecular formula is C18H14ClFN2O3. The third-order valence-electron chi connectivity index (χ3n) is 3.71. The molecule has 0 spiro atoms. The summed E-state index contributed by atoms with van der Waals surface area (Å²) >= 11 is 5.91. The highest BCUT2D eigenvalue weighted by Gasteiger charge is 2.17. The largest absolute Gasteiger partial charge is 0.465 e. The van der Waals surface area contributed by atoms with E-state index in [4.69, 9.17) is 16.3 Å². The van der Waals surface area contributed by atoms with Gasteiger partial charge in [0, 0.05) is 17.1 Å². The van der Waals surface area contributed by atoms with Gasteiger partial charge >= 0.3 is 5.97 Å². The van der Waals surface area contributed by atoms with Crippen molar-refractivity contribution in [1.29, 1.82) is 0 Å². The lowest BCUT2D eigenvalue weighted by atomic mass is 10.2. The molecule has 0 radical (unpaired) electrons. The Labute approximate surface area is 148 Å². The van der Waals surface area contributed by atoms with Gasteiger partial charge in [-0.2, -0.15) is 0 Å². The van der Waals surface area contributed by atoms with Crippen molar-refractivity contribution in [2.45, 2.75) is 6.54 Å². The fourth-order valence-electron chi connectivity index (χ4n) is 2.59. The normalized spacial score (nSPS) is 10.7. The van der Waals surface area contributed by atoms with Crippen molar-refractivity contribution in [3.63, 3.8) is 0 Å². The number of carbonyl (C=O) groups excluding carboxylic acids is 2. The second-order valence-corrected chi connectivity index (χ2v) is 5.76. The predicted octanol–water partition coefficient (Wildman–Crippen LogP) is 3.86. The second kappa shape index (κ2) is 6.94. The number of para-hydroxylation sites is 1. The van der Waals surface area contributed by atoms with Crippen LogP contribution in [0.1, 0.15) is 10.4 Å². The highest BCUT2D eigenvalue weighted by Crippen LogP contribution is 2.24. The van der Waals surface area contributed by atoms with Gasteiger partial charge < -0.3 is 14.6 Å². The van der Waals surface area contributed by atoms with E-state index in [2.05, 4.69) is 5.32 Å². The molecule has 0 aliphatic heterocycles. The van der Waals surface area contributed by atoms with E-state index in [0.717, 1.165) is 11.6 Å². The maximum Gasteiger partial charge on any atom is 0.340 e. The Bertz CT molecular complexity index is 968. The number of hydrogen-bond acceptors (Lipinski definition) is 3. The molecule has 1 N–H and O–H groups in total. The molecule has 0 aliphatic rings. The zero-order valence-electron chi connectivity index (χ0n) is 13.3. The average Bonchev–Trinajstić information content (AvgIpc) is 2.95. The molecule has 1 aromatic heterocycles. The van der Waals surface area contributed by atoms with Crippen molar-refractivity contribution in [3.8, 4) is 0 Å². The summed E-state index contributed by atoms with van der Waals surface area (Å²) in [6.07, 6.45) is 1.57. The number of hydrogen-bond donors (Lipinski definition) is 1. The predicted molar refractivity (Wildman–Crippen MR) is 93.3 cm³/mol. The number of esters is 1. The molecule has 1 amide bonds. The van der Waals surface area contributed by atoms with E-state index in [1.807, 2.05) is 6.07 Å². The summed E-state index contributed by atoms with van der Waals surface area (Å²) in [5.41, 5.74) is 1.42. The van der Waals surface area contributed by atoms with Crippen LogP contribution in [-0.4, -0.2) is 23.6 Å². The van der Waals surface area contributed by atoms with E-state index in [0.29, 0.717) is 16.6 Å². The molecule has 0 bridgehead atoms. The van der Waals surface area contributed by atoms with Gasteiger partial charge in [-0.25, -0.2) is 9.18 Å². The van der Waals surface area contributed by atoms with Crippen LogP contribution in [0.4, 0.5) is 10.1 Å². The Hall–Kier alpha value is -2.86. The number of aromatic nitrogens is 1. The first-order valence-electron chi connectivity index (χ1n) is 7.40. The van der Waals surface area contributed by atoms with E-state index < -0.39 is 11.8 Å². The Morgan fingerprint density at radius 1 is 1.24 bits per heavy atom. The third-order valence-corrected chi connectivity index (χ3v) is 4.03. The van der Waals surface area contributed by atoms with Crippen LogP contribution >= 0.6 is 11.6 Å². The van der Waals surface area contributed by atoms with Crippen LogP contribution in [0.3, 0.4) is 0 Å². The van der Waals surface area contributed by atoms with Gasteiger partial charge in [0.25, 0.3) is 0 Å². The molecule has 128 valence electrons. The molecular weight excluding hydrogens is 347 g/mol. The fourth-order valence-corrected chi connectivity index (χ4v) is 2.80. The zero-order valence-corrected chi connectivity index (χ0v) is 14.0. The van der Waals surface area contributed by atoms with Gasteiger partial charge in [-0.1, -0.05) is 29.8 Å². The standard InChI is InChI=1S/C18H14ClFN2O3/c1-25-18(24)13-9-22(16-5-3-2-4-12(13)16)10-17(23)21-15-7-6-11(20)8-14(15)19/h2-9H,10H2,1H3,(H,21,23). The third kappa shape index (κ3) is 3.49. The van der Waals surface area contributed by atoms with Gasteiger partial charge in [0.2, 0.25) is 5.91 Å². The number of benzene rings is 2. The monoisotopic (exact) mass is 360 g/mol. The number of methoxy groups -OCH3 is 1. The van der Waals surface area contributed by atoms with Crippen molar-refractivity contribution >= 4 is 40.1 Å². The number of rotatable bonds is 4. The Morgan fingerprint density at radius 3 is 2.72 bits per heavy atom. The summed E-state index contributed by atoms with van der Waals surface area (Å²) in [6.45, 7) is -0.0365. The lowest BCUT2D eigenvalue weighted by Gasteiger charge is -2.09. The molecule has 25 heavy (non-hydrogen) atoms. The van der Waals surface area contributed by atoms with E-state index in [9.17, 15) is 14.0 Å². The van der Waals surface area contributed by atoms with Crippen LogP contribution in [-0.2, 0) is 16.1 Å². The highest BCUT2D eigenvalue weighted by molar-refractivity contribution is 6.33. The SMILES string of the molecule is COC(=O)c1cn(CC(=O)Nc2ccc(F)cc2Cl)c2ccccc12. The molecule has 0 fully saturated rings. The van der Waals surface area contributed by atoms with E-state index in [-0.39, 0.29) is 17.5 Å². The fraction of sp³-hybridized carbons (Fsp3) is 0.111. The topological polar surface area (TPSA) is 60.3 Å². The molecule has 3 rings (SSSR count). The van der Waals surface area contributed by atoms with Gasteiger partial charge in [0.05, 0.1) is 23.4 Å². The van der Waals surface area contributed by atoms with Gasteiger partial charge in [-0.05, 0) is 24.3 Å². The molecule has 1 heterocycles. The molecule has 0 aliphatic carbocycles. The molecule has 0 atom stereocenters. The number of carbonyl (C=O) groups is 2. The van der Waals surface area contributed by atoms with Crippen LogP contribution in [0.2, 0.25) is 5.02 Å².